The van der Waals surface area contributed by atoms with Crippen LogP contribution in [-0.2, 0) is 0 Å². The molecule has 0 saturated carbocycles. The fourth-order valence-corrected chi connectivity index (χ4v) is 1.14. The molecular formula is C6H14N2O3. The summed E-state index contributed by atoms with van der Waals surface area (Å²) in [5, 5.41) is 29.5. The second-order valence-corrected chi connectivity index (χ2v) is 2.61. The molecule has 1 atom stereocenters. The molecule has 0 bridgehead atoms. The van der Waals surface area contributed by atoms with Crippen LogP contribution >= 0.6 is 0 Å². The zero-order chi connectivity index (χ0) is 8.27. The van der Waals surface area contributed by atoms with Crippen LogP contribution in [0, 0.1) is 0 Å². The molecule has 5 nitrogen and oxygen atoms in total. The maximum absolute atomic E-state index is 9.15. The predicted octanol–water partition coefficient (Wildman–Crippen LogP) is -2.48. The second kappa shape index (κ2) is 3.99. The molecule has 0 aliphatic carbocycles. The van der Waals surface area contributed by atoms with Crippen LogP contribution in [-0.4, -0.2) is 58.9 Å². The number of rotatable bonds is 2. The number of hydrogen-bond acceptors (Lipinski definition) is 5. The molecule has 1 heterocycles. The van der Waals surface area contributed by atoms with Crippen molar-refractivity contribution in [3.63, 3.8) is 0 Å². The van der Waals surface area contributed by atoms with Gasteiger partial charge in [0.15, 0.2) is 12.5 Å². The lowest BCUT2D eigenvalue weighted by Crippen LogP contribution is -2.52. The standard InChI is InChI=1S/C6H14N2O3/c9-5(6(10)11)8-3-1-7-2-4-8/h5-7,9-11H,1-4H2. The number of aliphatic hydroxyl groups excluding tert-OH is 2. The fraction of sp³-hybridized carbons (Fsp3) is 1.00. The van der Waals surface area contributed by atoms with Gasteiger partial charge in [-0.3, -0.25) is 4.90 Å². The first-order valence-corrected chi connectivity index (χ1v) is 3.71. The van der Waals surface area contributed by atoms with Crippen LogP contribution in [0.2, 0.25) is 0 Å². The second-order valence-electron chi connectivity index (χ2n) is 2.61. The third kappa shape index (κ3) is 2.39. The lowest BCUT2D eigenvalue weighted by molar-refractivity contribution is -0.180. The van der Waals surface area contributed by atoms with Crippen LogP contribution in [0.15, 0.2) is 0 Å². The van der Waals surface area contributed by atoms with E-state index < -0.39 is 12.5 Å². The minimum absolute atomic E-state index is 0.652. The molecule has 4 N–H and O–H groups in total. The topological polar surface area (TPSA) is 76.0 Å². The van der Waals surface area contributed by atoms with Crippen LogP contribution in [0.3, 0.4) is 0 Å². The van der Waals surface area contributed by atoms with Gasteiger partial charge in [0.2, 0.25) is 0 Å². The molecule has 1 fully saturated rings. The number of nitrogens with one attached hydrogen (secondary N) is 1. The summed E-state index contributed by atoms with van der Waals surface area (Å²) in [4.78, 5) is 1.63. The first kappa shape index (κ1) is 8.89. The molecule has 0 spiro atoms. The van der Waals surface area contributed by atoms with Gasteiger partial charge in [0, 0.05) is 26.2 Å². The van der Waals surface area contributed by atoms with E-state index in [9.17, 15) is 0 Å². The van der Waals surface area contributed by atoms with Gasteiger partial charge < -0.3 is 20.6 Å². The van der Waals surface area contributed by atoms with Crippen LogP contribution < -0.4 is 5.32 Å². The van der Waals surface area contributed by atoms with Gasteiger partial charge in [-0.15, -0.1) is 0 Å². The van der Waals surface area contributed by atoms with Crippen LogP contribution in [0.25, 0.3) is 0 Å². The van der Waals surface area contributed by atoms with E-state index in [2.05, 4.69) is 5.32 Å². The van der Waals surface area contributed by atoms with Gasteiger partial charge in [0.1, 0.15) is 0 Å². The predicted molar refractivity (Wildman–Crippen MR) is 38.7 cm³/mol. The summed E-state index contributed by atoms with van der Waals surface area (Å²) >= 11 is 0. The van der Waals surface area contributed by atoms with Gasteiger partial charge in [0.05, 0.1) is 0 Å². The third-order valence-corrected chi connectivity index (χ3v) is 1.79. The van der Waals surface area contributed by atoms with E-state index >= 15 is 0 Å². The van der Waals surface area contributed by atoms with E-state index in [1.807, 2.05) is 0 Å². The lowest BCUT2D eigenvalue weighted by Gasteiger charge is -2.32. The third-order valence-electron chi connectivity index (χ3n) is 1.79. The quantitative estimate of drug-likeness (QED) is 0.338. The molecule has 0 radical (unpaired) electrons. The Morgan fingerprint density at radius 3 is 2.09 bits per heavy atom. The first-order valence-electron chi connectivity index (χ1n) is 3.71. The molecule has 0 aromatic heterocycles. The number of aliphatic hydroxyl groups is 3. The lowest BCUT2D eigenvalue weighted by atomic mass is 10.3. The summed E-state index contributed by atoms with van der Waals surface area (Å²) in [5.41, 5.74) is 0. The van der Waals surface area contributed by atoms with Crippen LogP contribution in [0.5, 0.6) is 0 Å². The van der Waals surface area contributed by atoms with Crippen LogP contribution in [0.1, 0.15) is 0 Å². The Balaban J connectivity index is 2.32. The maximum Gasteiger partial charge on any atom is 0.192 e. The van der Waals surface area contributed by atoms with Gasteiger partial charge >= 0.3 is 0 Å². The molecule has 66 valence electrons. The molecule has 5 heteroatoms. The molecule has 1 aliphatic heterocycles. The Bertz CT molecular complexity index is 114. The van der Waals surface area contributed by atoms with Crippen molar-refractivity contribution in [2.75, 3.05) is 26.2 Å². The summed E-state index contributed by atoms with van der Waals surface area (Å²) < 4.78 is 0. The van der Waals surface area contributed by atoms with E-state index in [-0.39, 0.29) is 0 Å². The highest BCUT2D eigenvalue weighted by molar-refractivity contribution is 4.70. The van der Waals surface area contributed by atoms with Crippen molar-refractivity contribution >= 4 is 0 Å². The summed E-state index contributed by atoms with van der Waals surface area (Å²) in [6.45, 7) is 2.87. The van der Waals surface area contributed by atoms with Crippen molar-refractivity contribution in [1.29, 1.82) is 0 Å². The zero-order valence-corrected chi connectivity index (χ0v) is 6.27. The Hall–Kier alpha value is -0.200. The summed E-state index contributed by atoms with van der Waals surface area (Å²) in [5.74, 6) is 0. The smallest absolute Gasteiger partial charge is 0.192 e. The average molecular weight is 162 g/mol. The molecule has 1 saturated heterocycles. The summed E-state index contributed by atoms with van der Waals surface area (Å²) in [6.07, 6.45) is -2.80. The van der Waals surface area contributed by atoms with E-state index in [1.54, 1.807) is 4.90 Å². The van der Waals surface area contributed by atoms with E-state index in [0.717, 1.165) is 13.1 Å². The summed E-state index contributed by atoms with van der Waals surface area (Å²) in [7, 11) is 0. The molecule has 0 amide bonds. The van der Waals surface area contributed by atoms with Crippen molar-refractivity contribution < 1.29 is 15.3 Å². The first-order chi connectivity index (χ1) is 5.22. The number of nitrogens with zero attached hydrogens (tertiary/aromatic N) is 1. The molecule has 0 aromatic rings. The van der Waals surface area contributed by atoms with Gasteiger partial charge in [-0.25, -0.2) is 0 Å². The molecule has 11 heavy (non-hydrogen) atoms. The minimum atomic E-state index is -1.66. The highest BCUT2D eigenvalue weighted by Crippen LogP contribution is 2.00. The molecule has 0 aromatic carbocycles. The average Bonchev–Trinajstić information content (AvgIpc) is 2.05. The van der Waals surface area contributed by atoms with E-state index in [0.29, 0.717) is 13.1 Å². The van der Waals surface area contributed by atoms with Crippen LogP contribution in [0.4, 0.5) is 0 Å². The van der Waals surface area contributed by atoms with Crippen molar-refractivity contribution in [3.8, 4) is 0 Å². The van der Waals surface area contributed by atoms with Gasteiger partial charge in [-0.1, -0.05) is 0 Å². The van der Waals surface area contributed by atoms with E-state index in [1.165, 1.54) is 0 Å². The Morgan fingerprint density at radius 1 is 1.09 bits per heavy atom. The molecule has 1 unspecified atom stereocenters. The Kier molecular flexibility index (Phi) is 3.22. The summed E-state index contributed by atoms with van der Waals surface area (Å²) in [6, 6.07) is 0. The number of hydrogen-bond donors (Lipinski definition) is 4. The number of piperazine rings is 1. The van der Waals surface area contributed by atoms with Gasteiger partial charge in [-0.05, 0) is 0 Å². The maximum atomic E-state index is 9.15. The zero-order valence-electron chi connectivity index (χ0n) is 6.27. The van der Waals surface area contributed by atoms with Crippen molar-refractivity contribution in [1.82, 2.24) is 10.2 Å². The van der Waals surface area contributed by atoms with Crippen molar-refractivity contribution in [2.24, 2.45) is 0 Å². The molecule has 1 rings (SSSR count). The SMILES string of the molecule is OC(O)C(O)N1CCNCC1. The minimum Gasteiger partial charge on any atom is -0.373 e. The Labute approximate surface area is 65.3 Å². The monoisotopic (exact) mass is 162 g/mol. The van der Waals surface area contributed by atoms with Gasteiger partial charge in [-0.2, -0.15) is 0 Å². The van der Waals surface area contributed by atoms with Crippen molar-refractivity contribution in [3.05, 3.63) is 0 Å². The van der Waals surface area contributed by atoms with E-state index in [4.69, 9.17) is 15.3 Å². The van der Waals surface area contributed by atoms with Crippen molar-refractivity contribution in [2.45, 2.75) is 12.5 Å². The molecule has 1 aliphatic rings. The van der Waals surface area contributed by atoms with Gasteiger partial charge in [0.25, 0.3) is 0 Å². The molecular weight excluding hydrogens is 148 g/mol. The highest BCUT2D eigenvalue weighted by Gasteiger charge is 2.22. The normalized spacial score (nSPS) is 24.0. The largest absolute Gasteiger partial charge is 0.373 e. The fourth-order valence-electron chi connectivity index (χ4n) is 1.14. The Morgan fingerprint density at radius 2 is 1.64 bits per heavy atom. The highest BCUT2D eigenvalue weighted by atomic mass is 16.5.